The molecule has 2 aromatic rings. The van der Waals surface area contributed by atoms with Crippen molar-refractivity contribution in [3.8, 4) is 0 Å². The van der Waals surface area contributed by atoms with Crippen molar-refractivity contribution in [3.05, 3.63) is 65.2 Å². The van der Waals surface area contributed by atoms with Crippen LogP contribution in [0.1, 0.15) is 23.1 Å². The monoisotopic (exact) mass is 372 g/mol. The van der Waals surface area contributed by atoms with Crippen molar-refractivity contribution in [2.45, 2.75) is 24.7 Å². The standard InChI is InChI=1S/C19H20N2O4S/c1-13-7-9-16(10-8-13)26(23,24)21-20-18-12-15(19(22)25-2)11-14-5-3-4-6-17(14)18/h3-10,15,21H,11-12H2,1-2H3/b20-18-/t15-/m1/s1. The number of esters is 1. The summed E-state index contributed by atoms with van der Waals surface area (Å²) >= 11 is 0. The van der Waals surface area contributed by atoms with Crippen LogP contribution in [0, 0.1) is 12.8 Å². The minimum Gasteiger partial charge on any atom is -0.469 e. The molecule has 1 N–H and O–H groups in total. The Hall–Kier alpha value is -2.67. The van der Waals surface area contributed by atoms with E-state index in [9.17, 15) is 13.2 Å². The highest BCUT2D eigenvalue weighted by Crippen LogP contribution is 2.27. The summed E-state index contributed by atoms with van der Waals surface area (Å²) in [6, 6.07) is 14.0. The lowest BCUT2D eigenvalue weighted by Crippen LogP contribution is -2.30. The third-order valence-corrected chi connectivity index (χ3v) is 5.63. The maximum absolute atomic E-state index is 12.5. The van der Waals surface area contributed by atoms with Crippen LogP contribution < -0.4 is 4.83 Å². The number of nitrogens with one attached hydrogen (secondary N) is 1. The number of carbonyl (C=O) groups is 1. The van der Waals surface area contributed by atoms with Crippen molar-refractivity contribution in [1.82, 2.24) is 4.83 Å². The molecule has 0 spiro atoms. The van der Waals surface area contributed by atoms with Gasteiger partial charge in [0.05, 0.1) is 23.6 Å². The molecule has 0 bridgehead atoms. The fourth-order valence-corrected chi connectivity index (χ4v) is 3.82. The number of fused-ring (bicyclic) bond motifs is 1. The third kappa shape index (κ3) is 3.77. The van der Waals surface area contributed by atoms with Gasteiger partial charge in [-0.05, 0) is 31.0 Å². The van der Waals surface area contributed by atoms with Gasteiger partial charge in [-0.3, -0.25) is 4.79 Å². The van der Waals surface area contributed by atoms with E-state index in [1.165, 1.54) is 19.2 Å². The van der Waals surface area contributed by atoms with E-state index >= 15 is 0 Å². The Morgan fingerprint density at radius 1 is 1.12 bits per heavy atom. The zero-order chi connectivity index (χ0) is 18.7. The molecule has 136 valence electrons. The van der Waals surface area contributed by atoms with Crippen molar-refractivity contribution < 1.29 is 17.9 Å². The SMILES string of the molecule is COC(=O)[C@H]1C/C(=N/NS(=O)(=O)c2ccc(C)cc2)c2ccccc2C1. The normalized spacial score (nSPS) is 18.2. The average Bonchev–Trinajstić information content (AvgIpc) is 2.65. The lowest BCUT2D eigenvalue weighted by molar-refractivity contribution is -0.145. The minimum absolute atomic E-state index is 0.140. The first-order valence-electron chi connectivity index (χ1n) is 8.22. The van der Waals surface area contributed by atoms with Crippen LogP contribution in [-0.2, 0) is 26.0 Å². The van der Waals surface area contributed by atoms with E-state index in [2.05, 4.69) is 9.93 Å². The largest absolute Gasteiger partial charge is 0.469 e. The van der Waals surface area contributed by atoms with Crippen LogP contribution in [-0.4, -0.2) is 27.2 Å². The zero-order valence-corrected chi connectivity index (χ0v) is 15.4. The van der Waals surface area contributed by atoms with Crippen molar-refractivity contribution >= 4 is 21.7 Å². The molecule has 0 radical (unpaired) electrons. The summed E-state index contributed by atoms with van der Waals surface area (Å²) in [5.41, 5.74) is 3.29. The summed E-state index contributed by atoms with van der Waals surface area (Å²) in [4.78, 5) is 14.4. The number of rotatable bonds is 4. The number of ether oxygens (including phenoxy) is 1. The number of hydrazone groups is 1. The van der Waals surface area contributed by atoms with Gasteiger partial charge in [-0.2, -0.15) is 18.4 Å². The lowest BCUT2D eigenvalue weighted by Gasteiger charge is -2.24. The number of methoxy groups -OCH3 is 1. The summed E-state index contributed by atoms with van der Waals surface area (Å²) < 4.78 is 29.8. The Balaban J connectivity index is 1.91. The Bertz CT molecular complexity index is 950. The smallest absolute Gasteiger partial charge is 0.309 e. The van der Waals surface area contributed by atoms with E-state index in [0.717, 1.165) is 16.7 Å². The summed E-state index contributed by atoms with van der Waals surface area (Å²) in [7, 11) is -2.43. The maximum Gasteiger partial charge on any atom is 0.309 e. The molecule has 0 saturated carbocycles. The number of sulfonamides is 1. The first kappa shape index (κ1) is 18.1. The molecular weight excluding hydrogens is 352 g/mol. The quantitative estimate of drug-likeness (QED) is 0.660. The fourth-order valence-electron chi connectivity index (χ4n) is 2.99. The van der Waals surface area contributed by atoms with E-state index < -0.39 is 10.0 Å². The molecule has 26 heavy (non-hydrogen) atoms. The van der Waals surface area contributed by atoms with Crippen molar-refractivity contribution in [1.29, 1.82) is 0 Å². The van der Waals surface area contributed by atoms with Crippen LogP contribution in [0.25, 0.3) is 0 Å². The van der Waals surface area contributed by atoms with Crippen LogP contribution in [0.4, 0.5) is 0 Å². The summed E-state index contributed by atoms with van der Waals surface area (Å²) in [5.74, 6) is -0.703. The maximum atomic E-state index is 12.5. The first-order valence-corrected chi connectivity index (χ1v) is 9.70. The molecule has 3 rings (SSSR count). The number of nitrogens with zero attached hydrogens (tertiary/aromatic N) is 1. The predicted octanol–water partition coefficient (Wildman–Crippen LogP) is 2.41. The molecular formula is C19H20N2O4S. The van der Waals surface area contributed by atoms with Gasteiger partial charge >= 0.3 is 5.97 Å². The van der Waals surface area contributed by atoms with Gasteiger partial charge in [0.1, 0.15) is 0 Å². The molecule has 1 atom stereocenters. The van der Waals surface area contributed by atoms with Gasteiger partial charge in [0.2, 0.25) is 0 Å². The van der Waals surface area contributed by atoms with E-state index in [1.807, 2.05) is 31.2 Å². The molecule has 1 aliphatic rings. The Labute approximate surface area is 152 Å². The average molecular weight is 372 g/mol. The second-order valence-corrected chi connectivity index (χ2v) is 7.91. The number of carbonyl (C=O) groups excluding carboxylic acids is 1. The first-order chi connectivity index (χ1) is 12.4. The fraction of sp³-hybridized carbons (Fsp3) is 0.263. The van der Waals surface area contributed by atoms with Crippen LogP contribution >= 0.6 is 0 Å². The molecule has 0 heterocycles. The zero-order valence-electron chi connectivity index (χ0n) is 14.6. The number of hydrogen-bond acceptors (Lipinski definition) is 5. The van der Waals surface area contributed by atoms with Crippen LogP contribution in [0.15, 0.2) is 58.5 Å². The molecule has 6 nitrogen and oxygen atoms in total. The highest BCUT2D eigenvalue weighted by Gasteiger charge is 2.29. The lowest BCUT2D eigenvalue weighted by atomic mass is 9.82. The molecule has 0 aromatic heterocycles. The highest BCUT2D eigenvalue weighted by molar-refractivity contribution is 7.89. The van der Waals surface area contributed by atoms with Crippen LogP contribution in [0.2, 0.25) is 0 Å². The van der Waals surface area contributed by atoms with E-state index in [0.29, 0.717) is 18.6 Å². The molecule has 0 fully saturated rings. The van der Waals surface area contributed by atoms with Gasteiger partial charge in [0, 0.05) is 12.0 Å². The van der Waals surface area contributed by atoms with Gasteiger partial charge in [0.15, 0.2) is 0 Å². The van der Waals surface area contributed by atoms with Crippen LogP contribution in [0.5, 0.6) is 0 Å². The molecule has 0 saturated heterocycles. The summed E-state index contributed by atoms with van der Waals surface area (Å²) in [5, 5.41) is 4.13. The molecule has 1 aliphatic carbocycles. The highest BCUT2D eigenvalue weighted by atomic mass is 32.2. The Morgan fingerprint density at radius 3 is 2.50 bits per heavy atom. The van der Waals surface area contributed by atoms with Crippen LogP contribution in [0.3, 0.4) is 0 Å². The molecule has 0 amide bonds. The molecule has 2 aromatic carbocycles. The second kappa shape index (κ2) is 7.29. The van der Waals surface area contributed by atoms with Crippen molar-refractivity contribution in [2.24, 2.45) is 11.0 Å². The topological polar surface area (TPSA) is 84.8 Å². The summed E-state index contributed by atoms with van der Waals surface area (Å²) in [6.45, 7) is 1.88. The van der Waals surface area contributed by atoms with Gasteiger partial charge in [0.25, 0.3) is 10.0 Å². The van der Waals surface area contributed by atoms with E-state index in [1.54, 1.807) is 12.1 Å². The van der Waals surface area contributed by atoms with Gasteiger partial charge in [-0.1, -0.05) is 42.0 Å². The number of benzene rings is 2. The second-order valence-electron chi connectivity index (χ2n) is 6.25. The van der Waals surface area contributed by atoms with E-state index in [-0.39, 0.29) is 16.8 Å². The summed E-state index contributed by atoms with van der Waals surface area (Å²) in [6.07, 6.45) is 0.868. The Morgan fingerprint density at radius 2 is 1.81 bits per heavy atom. The third-order valence-electron chi connectivity index (χ3n) is 4.40. The number of aryl methyl sites for hydroxylation is 1. The van der Waals surface area contributed by atoms with E-state index in [4.69, 9.17) is 4.74 Å². The van der Waals surface area contributed by atoms with Crippen molar-refractivity contribution in [3.63, 3.8) is 0 Å². The molecule has 0 aliphatic heterocycles. The van der Waals surface area contributed by atoms with Gasteiger partial charge < -0.3 is 4.74 Å². The number of hydrogen-bond donors (Lipinski definition) is 1. The minimum atomic E-state index is -3.78. The molecule has 7 heteroatoms. The van der Waals surface area contributed by atoms with Gasteiger partial charge in [-0.25, -0.2) is 0 Å². The molecule has 0 unspecified atom stereocenters. The predicted molar refractivity (Wildman–Crippen MR) is 98.3 cm³/mol. The van der Waals surface area contributed by atoms with Crippen molar-refractivity contribution in [2.75, 3.05) is 7.11 Å². The Kier molecular flexibility index (Phi) is 5.08. The van der Waals surface area contributed by atoms with Gasteiger partial charge in [-0.15, -0.1) is 0 Å².